The fourth-order valence-electron chi connectivity index (χ4n) is 4.56. The fraction of sp³-hybridized carbons (Fsp3) is 0.375. The largest absolute Gasteiger partial charge is 0.358 e. The number of hydrogen-bond acceptors (Lipinski definition) is 2. The Morgan fingerprint density at radius 2 is 2.04 bits per heavy atom. The van der Waals surface area contributed by atoms with E-state index in [0.29, 0.717) is 6.04 Å². The van der Waals surface area contributed by atoms with E-state index in [0.717, 1.165) is 30.5 Å². The van der Waals surface area contributed by atoms with Crippen molar-refractivity contribution in [2.45, 2.75) is 51.6 Å². The molecule has 0 saturated carbocycles. The minimum atomic E-state index is 0.663. The normalized spacial score (nSPS) is 17.4. The van der Waals surface area contributed by atoms with Crippen molar-refractivity contribution in [3.63, 3.8) is 0 Å². The Bertz CT molecular complexity index is 949. The molecule has 27 heavy (non-hydrogen) atoms. The lowest BCUT2D eigenvalue weighted by molar-refractivity contribution is 0.234. The fourth-order valence-corrected chi connectivity index (χ4v) is 4.56. The molecule has 3 heteroatoms. The molecule has 2 heterocycles. The van der Waals surface area contributed by atoms with E-state index < -0.39 is 0 Å². The van der Waals surface area contributed by atoms with Crippen molar-refractivity contribution in [2.75, 3.05) is 6.54 Å². The Balaban J connectivity index is 1.48. The second kappa shape index (κ2) is 7.98. The van der Waals surface area contributed by atoms with Crippen LogP contribution < -0.4 is 0 Å². The highest BCUT2D eigenvalue weighted by Crippen LogP contribution is 2.28. The summed E-state index contributed by atoms with van der Waals surface area (Å²) in [5, 5.41) is 10.4. The number of H-pyrrole nitrogens is 1. The third-order valence-electron chi connectivity index (χ3n) is 5.93. The zero-order chi connectivity index (χ0) is 18.6. The van der Waals surface area contributed by atoms with Gasteiger partial charge in [-0.2, -0.15) is 5.26 Å². The number of likely N-dealkylation sites (tertiary alicyclic amines) is 1. The maximum atomic E-state index is 9.16. The van der Waals surface area contributed by atoms with Crippen LogP contribution in [0.2, 0.25) is 0 Å². The second-order valence-electron chi connectivity index (χ2n) is 7.60. The molecule has 1 fully saturated rings. The van der Waals surface area contributed by atoms with Gasteiger partial charge in [-0.1, -0.05) is 43.3 Å². The van der Waals surface area contributed by atoms with Crippen molar-refractivity contribution < 1.29 is 0 Å². The van der Waals surface area contributed by atoms with Crippen molar-refractivity contribution in [3.05, 3.63) is 70.9 Å². The van der Waals surface area contributed by atoms with Gasteiger partial charge in [-0.25, -0.2) is 0 Å². The summed E-state index contributed by atoms with van der Waals surface area (Å²) in [4.78, 5) is 6.26. The lowest BCUT2D eigenvalue weighted by Gasteiger charge is -2.24. The summed E-state index contributed by atoms with van der Waals surface area (Å²) >= 11 is 0. The predicted molar refractivity (Wildman–Crippen MR) is 111 cm³/mol. The van der Waals surface area contributed by atoms with Crippen molar-refractivity contribution in [1.82, 2.24) is 9.88 Å². The first kappa shape index (κ1) is 17.8. The highest BCUT2D eigenvalue weighted by atomic mass is 15.2. The first-order chi connectivity index (χ1) is 13.3. The summed E-state index contributed by atoms with van der Waals surface area (Å²) in [5.41, 5.74) is 6.01. The van der Waals surface area contributed by atoms with Crippen LogP contribution in [0.15, 0.2) is 48.5 Å². The molecule has 1 atom stereocenters. The van der Waals surface area contributed by atoms with Crippen LogP contribution in [0.25, 0.3) is 10.9 Å². The summed E-state index contributed by atoms with van der Waals surface area (Å²) in [5.74, 6) is 0. The number of hydrogen-bond donors (Lipinski definition) is 1. The van der Waals surface area contributed by atoms with Crippen LogP contribution in [0.3, 0.4) is 0 Å². The van der Waals surface area contributed by atoms with Crippen LogP contribution in [0.1, 0.15) is 48.6 Å². The van der Waals surface area contributed by atoms with Gasteiger partial charge in [0, 0.05) is 29.2 Å². The zero-order valence-corrected chi connectivity index (χ0v) is 16.0. The van der Waals surface area contributed by atoms with Gasteiger partial charge >= 0.3 is 0 Å². The van der Waals surface area contributed by atoms with Crippen molar-refractivity contribution in [1.29, 1.82) is 5.26 Å². The molecule has 1 saturated heterocycles. The van der Waals surface area contributed by atoms with Crippen molar-refractivity contribution >= 4 is 10.9 Å². The molecule has 0 amide bonds. The number of nitrogens with zero attached hydrogens (tertiary/aromatic N) is 2. The van der Waals surface area contributed by atoms with Crippen LogP contribution in [-0.4, -0.2) is 22.5 Å². The third kappa shape index (κ3) is 3.77. The topological polar surface area (TPSA) is 42.8 Å². The Morgan fingerprint density at radius 3 is 2.81 bits per heavy atom. The molecule has 3 nitrogen and oxygen atoms in total. The van der Waals surface area contributed by atoms with Crippen LogP contribution in [0.5, 0.6) is 0 Å². The van der Waals surface area contributed by atoms with E-state index in [1.807, 2.05) is 12.1 Å². The summed E-state index contributed by atoms with van der Waals surface area (Å²) in [7, 11) is 0. The maximum Gasteiger partial charge on any atom is 0.0992 e. The second-order valence-corrected chi connectivity index (χ2v) is 7.60. The Labute approximate surface area is 161 Å². The highest BCUT2D eigenvalue weighted by molar-refractivity contribution is 5.85. The molecule has 4 rings (SSSR count). The van der Waals surface area contributed by atoms with Crippen LogP contribution >= 0.6 is 0 Å². The summed E-state index contributed by atoms with van der Waals surface area (Å²) in [6, 6.07) is 19.7. The van der Waals surface area contributed by atoms with Gasteiger partial charge < -0.3 is 4.98 Å². The summed E-state index contributed by atoms with van der Waals surface area (Å²) in [6.45, 7) is 4.49. The number of aromatic nitrogens is 1. The van der Waals surface area contributed by atoms with E-state index in [-0.39, 0.29) is 0 Å². The van der Waals surface area contributed by atoms with Crippen LogP contribution in [-0.2, 0) is 19.4 Å². The SMILES string of the molecule is CCc1c(CC[C@@H]2CCCN2Cc2ccccc2)[nH]c2cc(C#N)ccc12. The number of rotatable bonds is 6. The van der Waals surface area contributed by atoms with Gasteiger partial charge in [0.15, 0.2) is 0 Å². The Morgan fingerprint density at radius 1 is 1.19 bits per heavy atom. The number of nitrogens with one attached hydrogen (secondary N) is 1. The molecule has 0 bridgehead atoms. The number of aromatic amines is 1. The highest BCUT2D eigenvalue weighted by Gasteiger charge is 2.24. The van der Waals surface area contributed by atoms with Crippen molar-refractivity contribution in [3.8, 4) is 6.07 Å². The monoisotopic (exact) mass is 357 g/mol. The average molecular weight is 358 g/mol. The molecule has 0 radical (unpaired) electrons. The Kier molecular flexibility index (Phi) is 5.27. The quantitative estimate of drug-likeness (QED) is 0.659. The van der Waals surface area contributed by atoms with E-state index in [9.17, 15) is 0 Å². The van der Waals surface area contributed by atoms with Crippen LogP contribution in [0.4, 0.5) is 0 Å². The molecule has 0 spiro atoms. The standard InChI is InChI=1S/C24H27N3/c1-2-21-22-12-10-19(16-25)15-24(22)26-23(21)13-11-20-9-6-14-27(20)17-18-7-4-3-5-8-18/h3-5,7-8,10,12,15,20,26H,2,6,9,11,13-14,17H2,1H3/t20-/m0/s1. The number of benzene rings is 2. The van der Waals surface area contributed by atoms with E-state index in [1.54, 1.807) is 0 Å². The number of fused-ring (bicyclic) bond motifs is 1. The average Bonchev–Trinajstić information content (AvgIpc) is 3.29. The third-order valence-corrected chi connectivity index (χ3v) is 5.93. The van der Waals surface area contributed by atoms with E-state index in [1.165, 1.54) is 48.0 Å². The first-order valence-electron chi connectivity index (χ1n) is 10.1. The van der Waals surface area contributed by atoms with Crippen molar-refractivity contribution in [2.24, 2.45) is 0 Å². The molecule has 2 aromatic carbocycles. The molecule has 0 unspecified atom stereocenters. The summed E-state index contributed by atoms with van der Waals surface area (Å²) < 4.78 is 0. The Hall–Kier alpha value is -2.57. The minimum absolute atomic E-state index is 0.663. The molecular formula is C24H27N3. The molecule has 0 aliphatic carbocycles. The van der Waals surface area contributed by atoms with Gasteiger partial charge in [0.2, 0.25) is 0 Å². The van der Waals surface area contributed by atoms with Gasteiger partial charge in [0.05, 0.1) is 11.6 Å². The van der Waals surface area contributed by atoms with Gasteiger partial charge in [0.1, 0.15) is 0 Å². The lowest BCUT2D eigenvalue weighted by atomic mass is 10.0. The summed E-state index contributed by atoms with van der Waals surface area (Å²) in [6.07, 6.45) is 5.90. The van der Waals surface area contributed by atoms with Gasteiger partial charge in [-0.15, -0.1) is 0 Å². The molecule has 3 aromatic rings. The first-order valence-corrected chi connectivity index (χ1v) is 10.1. The van der Waals surface area contributed by atoms with E-state index in [2.05, 4.69) is 59.3 Å². The van der Waals surface area contributed by atoms with Crippen LogP contribution in [0, 0.1) is 11.3 Å². The molecular weight excluding hydrogens is 330 g/mol. The number of nitriles is 1. The molecule has 138 valence electrons. The minimum Gasteiger partial charge on any atom is -0.358 e. The number of aryl methyl sites for hydroxylation is 2. The van der Waals surface area contributed by atoms with Gasteiger partial charge in [-0.3, -0.25) is 4.90 Å². The zero-order valence-electron chi connectivity index (χ0n) is 16.0. The maximum absolute atomic E-state index is 9.16. The van der Waals surface area contributed by atoms with E-state index >= 15 is 0 Å². The lowest BCUT2D eigenvalue weighted by Crippen LogP contribution is -2.29. The van der Waals surface area contributed by atoms with E-state index in [4.69, 9.17) is 5.26 Å². The smallest absolute Gasteiger partial charge is 0.0992 e. The molecule has 1 aliphatic heterocycles. The predicted octanol–water partition coefficient (Wildman–Crippen LogP) is 5.20. The molecule has 1 N–H and O–H groups in total. The molecule has 1 aliphatic rings. The van der Waals surface area contributed by atoms with Gasteiger partial charge in [-0.05, 0) is 61.9 Å². The molecule has 1 aromatic heterocycles. The van der Waals surface area contributed by atoms with Gasteiger partial charge in [0.25, 0.3) is 0 Å².